The summed E-state index contributed by atoms with van der Waals surface area (Å²) < 4.78 is 109. The van der Waals surface area contributed by atoms with E-state index in [9.17, 15) is 43.9 Å². The Hall–Kier alpha value is -4.00. The molecule has 44 heavy (non-hydrogen) atoms. The van der Waals surface area contributed by atoms with Crippen molar-refractivity contribution in [3.8, 4) is 0 Å². The first-order valence-corrected chi connectivity index (χ1v) is 12.1. The fourth-order valence-corrected chi connectivity index (χ4v) is 4.09. The fourth-order valence-electron chi connectivity index (χ4n) is 4.09. The fraction of sp³-hybridized carbons (Fsp3) is 0.440. The lowest BCUT2D eigenvalue weighted by Gasteiger charge is -2.21. The van der Waals surface area contributed by atoms with Gasteiger partial charge in [0.15, 0.2) is 0 Å². The van der Waals surface area contributed by atoms with Crippen molar-refractivity contribution in [1.29, 1.82) is 0 Å². The highest BCUT2D eigenvalue weighted by Gasteiger charge is 2.40. The third kappa shape index (κ3) is 14.5. The van der Waals surface area contributed by atoms with Gasteiger partial charge in [0.25, 0.3) is 0 Å². The molecule has 0 spiro atoms. The zero-order valence-electron chi connectivity index (χ0n) is 22.2. The molecule has 2 aromatic rings. The number of benzene rings is 1. The number of hydrogen-bond donors (Lipinski definition) is 3. The van der Waals surface area contributed by atoms with Gasteiger partial charge in [0.1, 0.15) is 5.82 Å². The van der Waals surface area contributed by atoms with E-state index in [1.165, 1.54) is 24.7 Å². The first kappa shape index (κ1) is 38.0. The van der Waals surface area contributed by atoms with Crippen LogP contribution in [0.15, 0.2) is 48.8 Å². The molecule has 9 nitrogen and oxygen atoms in total. The predicted octanol–water partition coefficient (Wildman–Crippen LogP) is 4.68. The van der Waals surface area contributed by atoms with Crippen molar-refractivity contribution in [3.05, 3.63) is 65.7 Å². The second-order valence-electron chi connectivity index (χ2n) is 9.31. The molecule has 0 saturated carbocycles. The number of aliphatic carboxylic acids is 3. The minimum Gasteiger partial charge on any atom is -0.475 e. The van der Waals surface area contributed by atoms with E-state index in [0.29, 0.717) is 0 Å². The van der Waals surface area contributed by atoms with Crippen molar-refractivity contribution in [2.45, 2.75) is 31.6 Å². The van der Waals surface area contributed by atoms with E-state index >= 15 is 0 Å². The Morgan fingerprint density at radius 2 is 1.05 bits per heavy atom. The summed E-state index contributed by atoms with van der Waals surface area (Å²) in [6.45, 7) is 6.46. The Morgan fingerprint density at radius 3 is 1.36 bits per heavy atom. The highest BCUT2D eigenvalue weighted by molar-refractivity contribution is 5.73. The van der Waals surface area contributed by atoms with Gasteiger partial charge in [0.2, 0.25) is 0 Å². The number of rotatable bonds is 4. The van der Waals surface area contributed by atoms with Crippen molar-refractivity contribution in [2.24, 2.45) is 11.8 Å². The van der Waals surface area contributed by atoms with Gasteiger partial charge in [-0.1, -0.05) is 18.2 Å². The molecule has 2 unspecified atom stereocenters. The average molecular weight is 653 g/mol. The highest BCUT2D eigenvalue weighted by Crippen LogP contribution is 2.32. The topological polar surface area (TPSA) is 131 Å². The maximum atomic E-state index is 13.3. The number of hydrogen-bond acceptors (Lipinski definition) is 6. The Morgan fingerprint density at radius 1 is 0.682 bits per heavy atom. The van der Waals surface area contributed by atoms with Crippen molar-refractivity contribution in [1.82, 2.24) is 14.8 Å². The van der Waals surface area contributed by atoms with Gasteiger partial charge < -0.3 is 15.3 Å². The summed E-state index contributed by atoms with van der Waals surface area (Å²) in [6.07, 6.45) is -11.5. The van der Waals surface area contributed by atoms with Crippen LogP contribution in [-0.4, -0.2) is 92.7 Å². The summed E-state index contributed by atoms with van der Waals surface area (Å²) in [4.78, 5) is 35.9. The predicted molar refractivity (Wildman–Crippen MR) is 129 cm³/mol. The summed E-state index contributed by atoms with van der Waals surface area (Å²) in [5.74, 6) is -6.91. The van der Waals surface area contributed by atoms with Gasteiger partial charge >= 0.3 is 36.4 Å². The van der Waals surface area contributed by atoms with Crippen molar-refractivity contribution in [2.75, 3.05) is 26.2 Å². The molecule has 2 fully saturated rings. The summed E-state index contributed by atoms with van der Waals surface area (Å²) in [5.41, 5.74) is 2.38. The smallest absolute Gasteiger partial charge is 0.475 e. The SMILES string of the molecule is Fc1cccc(CN2CC3CN(Cc4cccnc4)CC3C2)c1.O=C(O)C(F)(F)F.O=C(O)C(F)(F)F.O=C(O)C(F)(F)F. The molecular weight excluding hydrogens is 628 g/mol. The van der Waals surface area contributed by atoms with Crippen LogP contribution >= 0.6 is 0 Å². The van der Waals surface area contributed by atoms with Crippen LogP contribution in [0.3, 0.4) is 0 Å². The van der Waals surface area contributed by atoms with Crippen LogP contribution in [0.2, 0.25) is 0 Å². The monoisotopic (exact) mass is 653 g/mol. The lowest BCUT2D eigenvalue weighted by Crippen LogP contribution is -2.28. The van der Waals surface area contributed by atoms with Crippen LogP contribution in [0.4, 0.5) is 43.9 Å². The van der Waals surface area contributed by atoms with E-state index in [1.807, 2.05) is 24.5 Å². The summed E-state index contributed by atoms with van der Waals surface area (Å²) in [6, 6.07) is 11.1. The summed E-state index contributed by atoms with van der Waals surface area (Å²) in [7, 11) is 0. The van der Waals surface area contributed by atoms with Crippen LogP contribution in [-0.2, 0) is 27.5 Å². The maximum Gasteiger partial charge on any atom is 0.490 e. The second kappa shape index (κ2) is 16.2. The van der Waals surface area contributed by atoms with Crippen LogP contribution < -0.4 is 0 Å². The molecule has 2 aliphatic rings. The van der Waals surface area contributed by atoms with E-state index in [1.54, 1.807) is 12.1 Å². The molecule has 4 rings (SSSR count). The van der Waals surface area contributed by atoms with E-state index in [4.69, 9.17) is 29.7 Å². The van der Waals surface area contributed by atoms with E-state index in [2.05, 4.69) is 20.9 Å². The molecule has 2 aliphatic heterocycles. The Kier molecular flexibility index (Phi) is 14.0. The van der Waals surface area contributed by atoms with E-state index in [-0.39, 0.29) is 5.82 Å². The number of fused-ring (bicyclic) bond motifs is 1. The van der Waals surface area contributed by atoms with Gasteiger partial charge in [0.05, 0.1) is 0 Å². The second-order valence-corrected chi connectivity index (χ2v) is 9.31. The minimum atomic E-state index is -5.08. The van der Waals surface area contributed by atoms with Crippen LogP contribution in [0, 0.1) is 17.7 Å². The standard InChI is InChI=1S/C19H22FN3.3C2HF3O2/c20-19-5-1-3-15(7-19)9-22-11-17-13-23(14-18(17)12-22)10-16-4-2-6-21-8-16;3*3-2(4,5)1(6)7/h1-8,17-18H,9-14H2;3*(H,6,7). The van der Waals surface area contributed by atoms with Gasteiger partial charge in [-0.15, -0.1) is 0 Å². The third-order valence-electron chi connectivity index (χ3n) is 5.79. The third-order valence-corrected chi connectivity index (χ3v) is 5.79. The number of carboxylic acid groups (broad SMARTS) is 3. The Balaban J connectivity index is 0.000000379. The molecule has 1 aromatic heterocycles. The molecule has 0 bridgehead atoms. The van der Waals surface area contributed by atoms with E-state index < -0.39 is 36.4 Å². The first-order chi connectivity index (χ1) is 20.1. The molecule has 19 heteroatoms. The average Bonchev–Trinajstić information content (AvgIpc) is 3.42. The van der Waals surface area contributed by atoms with Crippen molar-refractivity contribution >= 4 is 17.9 Å². The highest BCUT2D eigenvalue weighted by atomic mass is 19.4. The molecule has 0 radical (unpaired) electrons. The van der Waals surface area contributed by atoms with Crippen molar-refractivity contribution < 1.29 is 73.6 Å². The quantitative estimate of drug-likeness (QED) is 0.403. The van der Waals surface area contributed by atoms with E-state index in [0.717, 1.165) is 43.6 Å². The number of carbonyl (C=O) groups is 3. The largest absolute Gasteiger partial charge is 0.490 e. The number of carboxylic acids is 3. The van der Waals surface area contributed by atoms with Crippen LogP contribution in [0.5, 0.6) is 0 Å². The molecule has 3 heterocycles. The number of aromatic nitrogens is 1. The molecule has 3 N–H and O–H groups in total. The Labute approximate surface area is 242 Å². The van der Waals surface area contributed by atoms with Gasteiger partial charge in [-0.05, 0) is 41.2 Å². The lowest BCUT2D eigenvalue weighted by molar-refractivity contribution is -0.193. The van der Waals surface area contributed by atoms with Crippen LogP contribution in [0.1, 0.15) is 11.1 Å². The molecule has 2 saturated heterocycles. The zero-order valence-corrected chi connectivity index (χ0v) is 22.2. The molecule has 0 amide bonds. The molecule has 0 aliphatic carbocycles. The lowest BCUT2D eigenvalue weighted by atomic mass is 10.0. The van der Waals surface area contributed by atoms with Gasteiger partial charge in [-0.25, -0.2) is 18.8 Å². The van der Waals surface area contributed by atoms with Gasteiger partial charge in [-0.3, -0.25) is 14.8 Å². The Bertz CT molecular complexity index is 1150. The normalized spacial score (nSPS) is 18.4. The van der Waals surface area contributed by atoms with Gasteiger partial charge in [-0.2, -0.15) is 39.5 Å². The number of likely N-dealkylation sites (tertiary alicyclic amines) is 2. The number of pyridine rings is 1. The van der Waals surface area contributed by atoms with Crippen molar-refractivity contribution in [3.63, 3.8) is 0 Å². The molecule has 1 aromatic carbocycles. The molecule has 246 valence electrons. The maximum absolute atomic E-state index is 13.3. The summed E-state index contributed by atoms with van der Waals surface area (Å²) >= 11 is 0. The molecule has 2 atom stereocenters. The number of alkyl halides is 9. The van der Waals surface area contributed by atoms with Gasteiger partial charge in [0, 0.05) is 51.7 Å². The number of halogens is 10. The van der Waals surface area contributed by atoms with Crippen LogP contribution in [0.25, 0.3) is 0 Å². The first-order valence-electron chi connectivity index (χ1n) is 12.1. The number of nitrogens with zero attached hydrogens (tertiary/aromatic N) is 3. The minimum absolute atomic E-state index is 0.135. The molecular formula is C25H25F10N3O6. The zero-order chi connectivity index (χ0) is 33.9. The summed E-state index contributed by atoms with van der Waals surface area (Å²) in [5, 5.41) is 21.4.